The predicted octanol–water partition coefficient (Wildman–Crippen LogP) is 2.17. The third-order valence-electron chi connectivity index (χ3n) is 5.21. The maximum absolute atomic E-state index is 13.4. The molecule has 1 saturated carbocycles. The van der Waals surface area contributed by atoms with Gasteiger partial charge in [0.1, 0.15) is 0 Å². The number of carbonyl (C=O) groups excluding carboxylic acids is 1. The zero-order chi connectivity index (χ0) is 16.1. The van der Waals surface area contributed by atoms with Crippen molar-refractivity contribution >= 4 is 12.0 Å². The second kappa shape index (κ2) is 4.81. The number of nitrogens with zero attached hydrogens (tertiary/aromatic N) is 1. The highest BCUT2D eigenvalue weighted by Crippen LogP contribution is 2.65. The monoisotopic (exact) mass is 304 g/mol. The zero-order valence-corrected chi connectivity index (χ0v) is 12.6. The molecule has 2 aliphatic rings. The molecule has 0 bridgehead atoms. The van der Waals surface area contributed by atoms with Crippen molar-refractivity contribution in [2.75, 3.05) is 19.6 Å². The van der Waals surface area contributed by atoms with E-state index in [1.807, 2.05) is 0 Å². The van der Waals surface area contributed by atoms with Gasteiger partial charge in [0, 0.05) is 25.0 Å². The van der Waals surface area contributed by atoms with Gasteiger partial charge >= 0.3 is 12.0 Å². The molecule has 1 saturated heterocycles. The van der Waals surface area contributed by atoms with Crippen molar-refractivity contribution in [2.24, 2.45) is 16.7 Å². The molecule has 1 aliphatic heterocycles. The van der Waals surface area contributed by atoms with E-state index in [2.05, 4.69) is 5.32 Å². The summed E-state index contributed by atoms with van der Waals surface area (Å²) in [5, 5.41) is 11.7. The molecule has 1 unspecified atom stereocenters. The van der Waals surface area contributed by atoms with E-state index in [1.54, 1.807) is 6.92 Å². The molecule has 2 N–H and O–H groups in total. The fraction of sp³-hybridized carbons (Fsp3) is 0.857. The van der Waals surface area contributed by atoms with E-state index in [9.17, 15) is 18.4 Å². The van der Waals surface area contributed by atoms with Crippen LogP contribution >= 0.6 is 0 Å². The number of carbonyl (C=O) groups is 2. The summed E-state index contributed by atoms with van der Waals surface area (Å²) in [5.41, 5.74) is -1.87. The number of nitrogens with one attached hydrogen (secondary N) is 1. The number of rotatable bonds is 3. The Bertz CT molecular complexity index is 443. The van der Waals surface area contributed by atoms with Gasteiger partial charge in [0.25, 0.3) is 5.92 Å². The van der Waals surface area contributed by atoms with Crippen LogP contribution in [0.5, 0.6) is 0 Å². The summed E-state index contributed by atoms with van der Waals surface area (Å²) in [6.45, 7) is 5.26. The summed E-state index contributed by atoms with van der Waals surface area (Å²) in [4.78, 5) is 24.6. The van der Waals surface area contributed by atoms with Crippen molar-refractivity contribution in [3.63, 3.8) is 0 Å². The van der Waals surface area contributed by atoms with Crippen molar-refractivity contribution < 1.29 is 23.5 Å². The molecule has 0 radical (unpaired) electrons. The number of likely N-dealkylation sites (tertiary alicyclic amines) is 1. The Kier molecular flexibility index (Phi) is 3.66. The predicted molar refractivity (Wildman–Crippen MR) is 72.2 cm³/mol. The number of aliphatic carboxylic acids is 1. The number of hydrogen-bond donors (Lipinski definition) is 2. The van der Waals surface area contributed by atoms with Crippen LogP contribution in [0, 0.1) is 16.7 Å². The SMILES string of the molecule is CC1(C(=O)O)CCN(C(=O)NCC2C(C)(C)C2(F)F)CC1. The minimum absolute atomic E-state index is 0.0501. The first-order chi connectivity index (χ1) is 9.52. The van der Waals surface area contributed by atoms with Crippen LogP contribution in [0.4, 0.5) is 13.6 Å². The van der Waals surface area contributed by atoms with Crippen LogP contribution in [0.3, 0.4) is 0 Å². The van der Waals surface area contributed by atoms with E-state index in [1.165, 1.54) is 18.7 Å². The van der Waals surface area contributed by atoms with Gasteiger partial charge in [-0.3, -0.25) is 4.79 Å². The van der Waals surface area contributed by atoms with Gasteiger partial charge in [0.05, 0.1) is 11.3 Å². The molecule has 2 rings (SSSR count). The molecule has 2 amide bonds. The molecular formula is C14H22F2N2O3. The number of amides is 2. The third-order valence-corrected chi connectivity index (χ3v) is 5.21. The van der Waals surface area contributed by atoms with Crippen molar-refractivity contribution in [3.05, 3.63) is 0 Å². The second-order valence-electron chi connectivity index (χ2n) is 6.94. The number of halogens is 2. The van der Waals surface area contributed by atoms with Gasteiger partial charge in [-0.15, -0.1) is 0 Å². The van der Waals surface area contributed by atoms with E-state index in [-0.39, 0.29) is 12.6 Å². The van der Waals surface area contributed by atoms with Crippen molar-refractivity contribution in [1.29, 1.82) is 0 Å². The molecule has 120 valence electrons. The molecule has 0 aromatic carbocycles. The lowest BCUT2D eigenvalue weighted by molar-refractivity contribution is -0.150. The summed E-state index contributed by atoms with van der Waals surface area (Å²) in [6.07, 6.45) is 0.752. The first-order valence-corrected chi connectivity index (χ1v) is 7.16. The lowest BCUT2D eigenvalue weighted by Gasteiger charge is -2.36. The largest absolute Gasteiger partial charge is 0.481 e. The number of hydrogen-bond acceptors (Lipinski definition) is 2. The number of carboxylic acids is 1. The molecular weight excluding hydrogens is 282 g/mol. The second-order valence-corrected chi connectivity index (χ2v) is 6.94. The van der Waals surface area contributed by atoms with Crippen LogP contribution in [0.15, 0.2) is 0 Å². The van der Waals surface area contributed by atoms with Crippen molar-refractivity contribution in [2.45, 2.75) is 39.5 Å². The number of carboxylic acid groups (broad SMARTS) is 1. The highest BCUT2D eigenvalue weighted by Gasteiger charge is 2.74. The molecule has 1 heterocycles. The highest BCUT2D eigenvalue weighted by atomic mass is 19.3. The fourth-order valence-electron chi connectivity index (χ4n) is 2.86. The van der Waals surface area contributed by atoms with Gasteiger partial charge in [0.15, 0.2) is 0 Å². The Hall–Kier alpha value is -1.40. The van der Waals surface area contributed by atoms with Gasteiger partial charge in [-0.2, -0.15) is 0 Å². The maximum atomic E-state index is 13.4. The van der Waals surface area contributed by atoms with Crippen LogP contribution in [-0.2, 0) is 4.79 Å². The molecule has 0 spiro atoms. The normalized spacial score (nSPS) is 28.8. The highest BCUT2D eigenvalue weighted by molar-refractivity contribution is 5.77. The first-order valence-electron chi connectivity index (χ1n) is 7.16. The van der Waals surface area contributed by atoms with Crippen LogP contribution < -0.4 is 5.32 Å². The topological polar surface area (TPSA) is 69.6 Å². The molecule has 5 nitrogen and oxygen atoms in total. The number of urea groups is 1. The Balaban J connectivity index is 1.80. The molecule has 21 heavy (non-hydrogen) atoms. The summed E-state index contributed by atoms with van der Waals surface area (Å²) >= 11 is 0. The van der Waals surface area contributed by atoms with E-state index in [0.29, 0.717) is 25.9 Å². The summed E-state index contributed by atoms with van der Waals surface area (Å²) in [6, 6.07) is -0.388. The molecule has 1 aliphatic carbocycles. The lowest BCUT2D eigenvalue weighted by Crippen LogP contribution is -2.49. The quantitative estimate of drug-likeness (QED) is 0.839. The molecule has 0 aromatic rings. The van der Waals surface area contributed by atoms with Crippen molar-refractivity contribution in [3.8, 4) is 0 Å². The Morgan fingerprint density at radius 2 is 1.71 bits per heavy atom. The van der Waals surface area contributed by atoms with E-state index < -0.39 is 28.6 Å². The standard InChI is InChI=1S/C14H22F2N2O3/c1-12(2)9(14(12,15)16)8-17-11(21)18-6-4-13(3,5-7-18)10(19)20/h9H,4-8H2,1-3H3,(H,17,21)(H,19,20). The molecule has 0 aromatic heterocycles. The van der Waals surface area contributed by atoms with Gasteiger partial charge in [-0.25, -0.2) is 13.6 Å². The van der Waals surface area contributed by atoms with Gasteiger partial charge < -0.3 is 15.3 Å². The average molecular weight is 304 g/mol. The minimum atomic E-state index is -2.73. The summed E-state index contributed by atoms with van der Waals surface area (Å²) in [7, 11) is 0. The summed E-state index contributed by atoms with van der Waals surface area (Å²) < 4.78 is 26.9. The molecule has 2 fully saturated rings. The Morgan fingerprint density at radius 3 is 2.10 bits per heavy atom. The number of piperidine rings is 1. The van der Waals surface area contributed by atoms with Gasteiger partial charge in [-0.1, -0.05) is 13.8 Å². The fourth-order valence-corrected chi connectivity index (χ4v) is 2.86. The lowest BCUT2D eigenvalue weighted by atomic mass is 9.80. The zero-order valence-electron chi connectivity index (χ0n) is 12.6. The van der Waals surface area contributed by atoms with Gasteiger partial charge in [-0.05, 0) is 19.8 Å². The molecule has 1 atom stereocenters. The molecule has 7 heteroatoms. The van der Waals surface area contributed by atoms with E-state index >= 15 is 0 Å². The third kappa shape index (κ3) is 2.58. The smallest absolute Gasteiger partial charge is 0.317 e. The van der Waals surface area contributed by atoms with Crippen LogP contribution in [-0.4, -0.2) is 47.6 Å². The Morgan fingerprint density at radius 1 is 1.24 bits per heavy atom. The first kappa shape index (κ1) is 16.0. The van der Waals surface area contributed by atoms with Gasteiger partial charge in [0.2, 0.25) is 0 Å². The van der Waals surface area contributed by atoms with Crippen molar-refractivity contribution in [1.82, 2.24) is 10.2 Å². The van der Waals surface area contributed by atoms with E-state index in [4.69, 9.17) is 5.11 Å². The van der Waals surface area contributed by atoms with E-state index in [0.717, 1.165) is 0 Å². The minimum Gasteiger partial charge on any atom is -0.481 e. The van der Waals surface area contributed by atoms with Crippen LogP contribution in [0.2, 0.25) is 0 Å². The van der Waals surface area contributed by atoms with Crippen LogP contribution in [0.25, 0.3) is 0 Å². The summed E-state index contributed by atoms with van der Waals surface area (Å²) in [5.74, 6) is -4.42. The Labute approximate surface area is 122 Å². The van der Waals surface area contributed by atoms with Crippen LogP contribution in [0.1, 0.15) is 33.6 Å². The average Bonchev–Trinajstić information content (AvgIpc) is 2.77. The number of alkyl halides is 2. The maximum Gasteiger partial charge on any atom is 0.317 e.